The number of hydrogen-bond donors (Lipinski definition) is 3. The molecule has 0 radical (unpaired) electrons. The van der Waals surface area contributed by atoms with Crippen LogP contribution in [0.3, 0.4) is 0 Å². The summed E-state index contributed by atoms with van der Waals surface area (Å²) in [5.41, 5.74) is 0.750. The SMILES string of the molecule is COCC(C)(CCO)NCc1cccc(O)c1. The van der Waals surface area contributed by atoms with E-state index in [0.29, 0.717) is 19.6 Å². The largest absolute Gasteiger partial charge is 0.508 e. The molecular weight excluding hydrogens is 218 g/mol. The topological polar surface area (TPSA) is 61.7 Å². The first-order chi connectivity index (χ1) is 8.09. The Morgan fingerprint density at radius 1 is 1.41 bits per heavy atom. The van der Waals surface area contributed by atoms with Crippen molar-refractivity contribution in [3.05, 3.63) is 29.8 Å². The highest BCUT2D eigenvalue weighted by Gasteiger charge is 2.22. The van der Waals surface area contributed by atoms with Gasteiger partial charge in [0.05, 0.1) is 6.61 Å². The molecule has 0 saturated carbocycles. The van der Waals surface area contributed by atoms with Crippen LogP contribution in [0.1, 0.15) is 18.9 Å². The standard InChI is InChI=1S/C13H21NO3/c1-13(6-7-15,10-17-2)14-9-11-4-3-5-12(16)8-11/h3-5,8,14-16H,6-7,9-10H2,1-2H3. The number of aromatic hydroxyl groups is 1. The third kappa shape index (κ3) is 4.73. The van der Waals surface area contributed by atoms with Gasteiger partial charge in [0.2, 0.25) is 0 Å². The summed E-state index contributed by atoms with van der Waals surface area (Å²) in [5.74, 6) is 0.264. The van der Waals surface area contributed by atoms with E-state index in [1.54, 1.807) is 19.2 Å². The first kappa shape index (κ1) is 14.0. The molecule has 4 heteroatoms. The van der Waals surface area contributed by atoms with Gasteiger partial charge >= 0.3 is 0 Å². The maximum Gasteiger partial charge on any atom is 0.115 e. The Kier molecular flexibility index (Phi) is 5.41. The van der Waals surface area contributed by atoms with Gasteiger partial charge in [-0.25, -0.2) is 0 Å². The Balaban J connectivity index is 2.57. The minimum Gasteiger partial charge on any atom is -0.508 e. The summed E-state index contributed by atoms with van der Waals surface area (Å²) in [6.45, 7) is 3.29. The molecule has 0 bridgehead atoms. The van der Waals surface area contributed by atoms with E-state index >= 15 is 0 Å². The van der Waals surface area contributed by atoms with Gasteiger partial charge in [-0.1, -0.05) is 12.1 Å². The molecule has 3 N–H and O–H groups in total. The van der Waals surface area contributed by atoms with Gasteiger partial charge in [-0.05, 0) is 31.0 Å². The molecule has 0 fully saturated rings. The van der Waals surface area contributed by atoms with Gasteiger partial charge in [0.1, 0.15) is 5.75 Å². The van der Waals surface area contributed by atoms with Crippen LogP contribution in [-0.4, -0.2) is 36.1 Å². The average Bonchev–Trinajstić information content (AvgIpc) is 2.27. The van der Waals surface area contributed by atoms with Crippen LogP contribution in [0.2, 0.25) is 0 Å². The lowest BCUT2D eigenvalue weighted by Gasteiger charge is -2.29. The van der Waals surface area contributed by atoms with Gasteiger partial charge in [0, 0.05) is 25.8 Å². The number of aliphatic hydroxyl groups excluding tert-OH is 1. The zero-order valence-electron chi connectivity index (χ0n) is 10.4. The van der Waals surface area contributed by atoms with E-state index in [9.17, 15) is 5.11 Å². The summed E-state index contributed by atoms with van der Waals surface area (Å²) in [6.07, 6.45) is 0.625. The van der Waals surface area contributed by atoms with E-state index in [1.165, 1.54) is 0 Å². The van der Waals surface area contributed by atoms with Crippen LogP contribution in [-0.2, 0) is 11.3 Å². The van der Waals surface area contributed by atoms with Crippen LogP contribution in [0.25, 0.3) is 0 Å². The van der Waals surface area contributed by atoms with Gasteiger partial charge in [-0.15, -0.1) is 0 Å². The predicted octanol–water partition coefficient (Wildman–Crippen LogP) is 1.27. The number of phenols is 1. The Hall–Kier alpha value is -1.10. The lowest BCUT2D eigenvalue weighted by molar-refractivity contribution is 0.0969. The summed E-state index contributed by atoms with van der Waals surface area (Å²) in [5, 5.41) is 21.7. The minimum absolute atomic E-state index is 0.118. The van der Waals surface area contributed by atoms with Crippen LogP contribution < -0.4 is 5.32 Å². The van der Waals surface area contributed by atoms with E-state index in [0.717, 1.165) is 5.56 Å². The molecule has 0 saturated heterocycles. The molecule has 1 atom stereocenters. The van der Waals surface area contributed by atoms with Gasteiger partial charge in [-0.2, -0.15) is 0 Å². The van der Waals surface area contributed by atoms with E-state index in [4.69, 9.17) is 9.84 Å². The Morgan fingerprint density at radius 2 is 2.18 bits per heavy atom. The maximum absolute atomic E-state index is 9.36. The smallest absolute Gasteiger partial charge is 0.115 e. The Bertz CT molecular complexity index is 335. The second-order valence-corrected chi connectivity index (χ2v) is 4.49. The number of nitrogens with one attached hydrogen (secondary N) is 1. The molecule has 96 valence electrons. The molecule has 0 aliphatic rings. The van der Waals surface area contributed by atoms with Crippen LogP contribution in [0.4, 0.5) is 0 Å². The summed E-state index contributed by atoms with van der Waals surface area (Å²) in [7, 11) is 1.64. The predicted molar refractivity (Wildman–Crippen MR) is 66.9 cm³/mol. The molecule has 0 aliphatic heterocycles. The molecular formula is C13H21NO3. The summed E-state index contributed by atoms with van der Waals surface area (Å²) >= 11 is 0. The summed E-state index contributed by atoms with van der Waals surface area (Å²) < 4.78 is 5.15. The first-order valence-electron chi connectivity index (χ1n) is 5.72. The second-order valence-electron chi connectivity index (χ2n) is 4.49. The highest BCUT2D eigenvalue weighted by atomic mass is 16.5. The van der Waals surface area contributed by atoms with Gasteiger partial charge in [0.25, 0.3) is 0 Å². The summed E-state index contributed by atoms with van der Waals surface area (Å²) in [4.78, 5) is 0. The van der Waals surface area contributed by atoms with E-state index in [1.807, 2.05) is 19.1 Å². The lowest BCUT2D eigenvalue weighted by atomic mass is 9.99. The van der Waals surface area contributed by atoms with Crippen LogP contribution in [0.5, 0.6) is 5.75 Å². The van der Waals surface area contributed by atoms with E-state index in [-0.39, 0.29) is 17.9 Å². The molecule has 1 aromatic carbocycles. The van der Waals surface area contributed by atoms with E-state index < -0.39 is 0 Å². The number of phenolic OH excluding ortho intramolecular Hbond substituents is 1. The fourth-order valence-corrected chi connectivity index (χ4v) is 1.76. The van der Waals surface area contributed by atoms with Gasteiger partial charge < -0.3 is 20.3 Å². The van der Waals surface area contributed by atoms with Crippen molar-refractivity contribution in [2.24, 2.45) is 0 Å². The fraction of sp³-hybridized carbons (Fsp3) is 0.538. The number of aliphatic hydroxyl groups is 1. The highest BCUT2D eigenvalue weighted by molar-refractivity contribution is 5.27. The Morgan fingerprint density at radius 3 is 2.76 bits per heavy atom. The molecule has 1 unspecified atom stereocenters. The van der Waals surface area contributed by atoms with Gasteiger partial charge in [-0.3, -0.25) is 0 Å². The first-order valence-corrected chi connectivity index (χ1v) is 5.72. The van der Waals surface area contributed by atoms with Gasteiger partial charge in [0.15, 0.2) is 0 Å². The van der Waals surface area contributed by atoms with Crippen LogP contribution in [0, 0.1) is 0 Å². The quantitative estimate of drug-likeness (QED) is 0.670. The zero-order valence-corrected chi connectivity index (χ0v) is 10.4. The number of hydrogen-bond acceptors (Lipinski definition) is 4. The number of benzene rings is 1. The maximum atomic E-state index is 9.36. The normalized spacial score (nSPS) is 14.5. The molecule has 17 heavy (non-hydrogen) atoms. The number of rotatable bonds is 7. The van der Waals surface area contributed by atoms with Crippen molar-refractivity contribution < 1.29 is 14.9 Å². The molecule has 0 aromatic heterocycles. The van der Waals surface area contributed by atoms with Crippen molar-refractivity contribution in [2.45, 2.75) is 25.4 Å². The molecule has 0 aliphatic carbocycles. The molecule has 4 nitrogen and oxygen atoms in total. The molecule has 0 amide bonds. The molecule has 1 aromatic rings. The minimum atomic E-state index is -0.255. The van der Waals surface area contributed by atoms with Crippen molar-refractivity contribution in [3.63, 3.8) is 0 Å². The molecule has 0 heterocycles. The monoisotopic (exact) mass is 239 g/mol. The van der Waals surface area contributed by atoms with Crippen molar-refractivity contribution in [3.8, 4) is 5.75 Å². The van der Waals surface area contributed by atoms with Crippen molar-refractivity contribution >= 4 is 0 Å². The van der Waals surface area contributed by atoms with Crippen molar-refractivity contribution in [1.82, 2.24) is 5.32 Å². The molecule has 1 rings (SSSR count). The second kappa shape index (κ2) is 6.59. The Labute approximate surface area is 102 Å². The van der Waals surface area contributed by atoms with E-state index in [2.05, 4.69) is 5.32 Å². The van der Waals surface area contributed by atoms with Crippen LogP contribution in [0.15, 0.2) is 24.3 Å². The average molecular weight is 239 g/mol. The summed E-state index contributed by atoms with van der Waals surface area (Å²) in [6, 6.07) is 7.12. The lowest BCUT2D eigenvalue weighted by Crippen LogP contribution is -2.46. The fourth-order valence-electron chi connectivity index (χ4n) is 1.76. The van der Waals surface area contributed by atoms with Crippen molar-refractivity contribution in [1.29, 1.82) is 0 Å². The van der Waals surface area contributed by atoms with Crippen molar-refractivity contribution in [2.75, 3.05) is 20.3 Å². The molecule has 0 spiro atoms. The third-order valence-electron chi connectivity index (χ3n) is 2.76. The third-order valence-corrected chi connectivity index (χ3v) is 2.76. The number of methoxy groups -OCH3 is 1. The zero-order chi connectivity index (χ0) is 12.7. The number of ether oxygens (including phenoxy) is 1. The highest BCUT2D eigenvalue weighted by Crippen LogP contribution is 2.14. The van der Waals surface area contributed by atoms with Crippen LogP contribution >= 0.6 is 0 Å².